The predicted octanol–water partition coefficient (Wildman–Crippen LogP) is 0.440. The van der Waals surface area contributed by atoms with Crippen LogP contribution in [0, 0.1) is 17.2 Å². The molecule has 122 valence electrons. The number of rotatable bonds is 3. The molecule has 1 fully saturated rings. The van der Waals surface area contributed by atoms with E-state index in [0.29, 0.717) is 24.7 Å². The van der Waals surface area contributed by atoms with E-state index in [1.54, 1.807) is 0 Å². The molecule has 0 saturated carbocycles. The van der Waals surface area contributed by atoms with Crippen LogP contribution in [0.4, 0.5) is 0 Å². The fourth-order valence-electron chi connectivity index (χ4n) is 2.70. The van der Waals surface area contributed by atoms with Crippen LogP contribution in [-0.2, 0) is 16.6 Å². The molecule has 0 unspecified atom stereocenters. The molecule has 1 aliphatic rings. The zero-order chi connectivity index (χ0) is 16.6. The number of hydrogen-bond acceptors (Lipinski definition) is 5. The van der Waals surface area contributed by atoms with E-state index in [2.05, 4.69) is 12.0 Å². The van der Waals surface area contributed by atoms with Gasteiger partial charge < -0.3 is 0 Å². The van der Waals surface area contributed by atoms with E-state index in [0.717, 1.165) is 21.9 Å². The van der Waals surface area contributed by atoms with Gasteiger partial charge in [0.2, 0.25) is 10.0 Å². The van der Waals surface area contributed by atoms with Crippen LogP contribution in [0.5, 0.6) is 0 Å². The van der Waals surface area contributed by atoms with E-state index in [4.69, 9.17) is 5.26 Å². The third-order valence-electron chi connectivity index (χ3n) is 4.15. The Hall–Kier alpha value is -2.18. The van der Waals surface area contributed by atoms with Crippen molar-refractivity contribution in [3.63, 3.8) is 0 Å². The van der Waals surface area contributed by atoms with Gasteiger partial charge in [-0.2, -0.15) is 14.2 Å². The largest absolute Gasteiger partial charge is 0.351 e. The predicted molar refractivity (Wildman–Crippen MR) is 82.2 cm³/mol. The lowest BCUT2D eigenvalue weighted by Gasteiger charge is -2.29. The van der Waals surface area contributed by atoms with Crippen LogP contribution in [0.3, 0.4) is 0 Å². The molecule has 0 radical (unpaired) electrons. The van der Waals surface area contributed by atoms with Gasteiger partial charge in [0.1, 0.15) is 6.54 Å². The van der Waals surface area contributed by atoms with Crippen molar-refractivity contribution < 1.29 is 8.42 Å². The SMILES string of the molecule is CC1CCN(S(=O)(=O)c2ccc3nn(CC#N)c(=O)n3c2)CC1. The molecule has 2 aromatic rings. The van der Waals surface area contributed by atoms with Crippen LogP contribution in [0.1, 0.15) is 19.8 Å². The van der Waals surface area contributed by atoms with Crippen LogP contribution < -0.4 is 5.69 Å². The fraction of sp³-hybridized carbons (Fsp3) is 0.500. The number of hydrogen-bond donors (Lipinski definition) is 0. The first-order valence-electron chi connectivity index (χ1n) is 7.40. The summed E-state index contributed by atoms with van der Waals surface area (Å²) in [5, 5.41) is 12.7. The molecular weight excluding hydrogens is 318 g/mol. The highest BCUT2D eigenvalue weighted by Gasteiger charge is 2.28. The number of fused-ring (bicyclic) bond motifs is 1. The maximum absolute atomic E-state index is 12.7. The highest BCUT2D eigenvalue weighted by Crippen LogP contribution is 2.23. The number of pyridine rings is 1. The van der Waals surface area contributed by atoms with Crippen molar-refractivity contribution in [2.75, 3.05) is 13.1 Å². The van der Waals surface area contributed by atoms with Gasteiger partial charge in [0.25, 0.3) is 0 Å². The Balaban J connectivity index is 2.01. The number of nitriles is 1. The smallest absolute Gasteiger partial charge is 0.249 e. The van der Waals surface area contributed by atoms with Crippen molar-refractivity contribution in [3.05, 3.63) is 28.8 Å². The molecule has 3 rings (SSSR count). The van der Waals surface area contributed by atoms with Gasteiger partial charge in [0.15, 0.2) is 5.65 Å². The first-order chi connectivity index (χ1) is 10.9. The van der Waals surface area contributed by atoms with E-state index in [1.165, 1.54) is 22.6 Å². The second-order valence-electron chi connectivity index (χ2n) is 5.78. The second kappa shape index (κ2) is 5.79. The maximum atomic E-state index is 12.7. The molecule has 9 heteroatoms. The molecule has 0 spiro atoms. The number of nitrogens with zero attached hydrogens (tertiary/aromatic N) is 5. The highest BCUT2D eigenvalue weighted by molar-refractivity contribution is 7.89. The van der Waals surface area contributed by atoms with Crippen molar-refractivity contribution in [3.8, 4) is 6.07 Å². The molecule has 1 saturated heterocycles. The summed E-state index contributed by atoms with van der Waals surface area (Å²) in [6.07, 6.45) is 2.95. The standard InChI is InChI=1S/C14H17N5O3S/c1-11-4-7-17(8-5-11)23(21,22)12-2-3-13-16-19(9-6-15)14(20)18(13)10-12/h2-3,10-11H,4-5,7-9H2,1H3. The zero-order valence-electron chi connectivity index (χ0n) is 12.7. The van der Waals surface area contributed by atoms with Gasteiger partial charge in [-0.1, -0.05) is 6.92 Å². The first-order valence-corrected chi connectivity index (χ1v) is 8.84. The maximum Gasteiger partial charge on any atom is 0.351 e. The summed E-state index contributed by atoms with van der Waals surface area (Å²) < 4.78 is 29.1. The lowest BCUT2D eigenvalue weighted by molar-refractivity contribution is 0.288. The van der Waals surface area contributed by atoms with Gasteiger partial charge >= 0.3 is 5.69 Å². The van der Waals surface area contributed by atoms with Gasteiger partial charge in [0, 0.05) is 19.3 Å². The van der Waals surface area contributed by atoms with Crippen molar-refractivity contribution in [1.82, 2.24) is 18.5 Å². The minimum atomic E-state index is -3.63. The van der Waals surface area contributed by atoms with E-state index in [-0.39, 0.29) is 11.4 Å². The van der Waals surface area contributed by atoms with Gasteiger partial charge in [-0.3, -0.25) is 0 Å². The molecule has 0 N–H and O–H groups in total. The fourth-order valence-corrected chi connectivity index (χ4v) is 4.16. The molecule has 0 bridgehead atoms. The molecule has 3 heterocycles. The van der Waals surface area contributed by atoms with Gasteiger partial charge in [-0.25, -0.2) is 17.6 Å². The molecule has 0 aliphatic carbocycles. The average Bonchev–Trinajstić information content (AvgIpc) is 2.84. The summed E-state index contributed by atoms with van der Waals surface area (Å²) in [5.41, 5.74) is -0.206. The highest BCUT2D eigenvalue weighted by atomic mass is 32.2. The summed E-state index contributed by atoms with van der Waals surface area (Å²) >= 11 is 0. The van der Waals surface area contributed by atoms with Crippen molar-refractivity contribution in [2.24, 2.45) is 5.92 Å². The molecule has 0 amide bonds. The third-order valence-corrected chi connectivity index (χ3v) is 6.03. The van der Waals surface area contributed by atoms with Crippen LogP contribution in [0.15, 0.2) is 28.0 Å². The van der Waals surface area contributed by atoms with E-state index in [9.17, 15) is 13.2 Å². The Morgan fingerprint density at radius 2 is 2.04 bits per heavy atom. The molecule has 1 aliphatic heterocycles. The third kappa shape index (κ3) is 2.75. The van der Waals surface area contributed by atoms with Crippen LogP contribution >= 0.6 is 0 Å². The van der Waals surface area contributed by atoms with Crippen molar-refractivity contribution in [1.29, 1.82) is 5.26 Å². The summed E-state index contributed by atoms with van der Waals surface area (Å²) in [6.45, 7) is 2.92. The molecule has 8 nitrogen and oxygen atoms in total. The van der Waals surface area contributed by atoms with E-state index >= 15 is 0 Å². The molecule has 2 aromatic heterocycles. The normalized spacial score (nSPS) is 17.4. The van der Waals surface area contributed by atoms with Gasteiger partial charge in [-0.05, 0) is 30.9 Å². The molecular formula is C14H17N5O3S. The van der Waals surface area contributed by atoms with Crippen molar-refractivity contribution >= 4 is 15.7 Å². The number of aromatic nitrogens is 3. The van der Waals surface area contributed by atoms with Gasteiger partial charge in [0.05, 0.1) is 11.0 Å². The summed E-state index contributed by atoms with van der Waals surface area (Å²) in [6, 6.07) is 4.78. The Morgan fingerprint density at radius 1 is 1.35 bits per heavy atom. The quantitative estimate of drug-likeness (QED) is 0.810. The van der Waals surface area contributed by atoms with E-state index in [1.807, 2.05) is 6.07 Å². The summed E-state index contributed by atoms with van der Waals surface area (Å²) in [7, 11) is -3.63. The Bertz CT molecular complexity index is 929. The Kier molecular flexibility index (Phi) is 3.95. The summed E-state index contributed by atoms with van der Waals surface area (Å²) in [4.78, 5) is 12.2. The zero-order valence-corrected chi connectivity index (χ0v) is 13.5. The minimum Gasteiger partial charge on any atom is -0.249 e. The molecule has 0 aromatic carbocycles. The van der Waals surface area contributed by atoms with Crippen LogP contribution in [-0.4, -0.2) is 40.0 Å². The second-order valence-corrected chi connectivity index (χ2v) is 7.72. The van der Waals surface area contributed by atoms with Crippen LogP contribution in [0.25, 0.3) is 5.65 Å². The minimum absolute atomic E-state index is 0.0677. The monoisotopic (exact) mass is 335 g/mol. The molecule has 0 atom stereocenters. The first kappa shape index (κ1) is 15.7. The van der Waals surface area contributed by atoms with Gasteiger partial charge in [-0.15, -0.1) is 5.10 Å². The van der Waals surface area contributed by atoms with E-state index < -0.39 is 15.7 Å². The Morgan fingerprint density at radius 3 is 2.70 bits per heavy atom. The topological polar surface area (TPSA) is 100 Å². The van der Waals surface area contributed by atoms with Crippen LogP contribution in [0.2, 0.25) is 0 Å². The Labute approximate surface area is 133 Å². The van der Waals surface area contributed by atoms with Crippen molar-refractivity contribution in [2.45, 2.75) is 31.2 Å². The summed E-state index contributed by atoms with van der Waals surface area (Å²) in [5.74, 6) is 0.524. The number of piperidine rings is 1. The lowest BCUT2D eigenvalue weighted by atomic mass is 10.0. The average molecular weight is 335 g/mol. The molecule has 23 heavy (non-hydrogen) atoms. The number of sulfonamides is 1. The lowest BCUT2D eigenvalue weighted by Crippen LogP contribution is -2.38.